The summed E-state index contributed by atoms with van der Waals surface area (Å²) in [5, 5.41) is 0. The van der Waals surface area contributed by atoms with Crippen LogP contribution in [0.5, 0.6) is 0 Å². The van der Waals surface area contributed by atoms with Crippen molar-refractivity contribution in [2.45, 2.75) is 50.7 Å². The fourth-order valence-electron chi connectivity index (χ4n) is 4.38. The maximum absolute atomic E-state index is 12.4. The number of rotatable bonds is 5. The first kappa shape index (κ1) is 16.2. The highest BCUT2D eigenvalue weighted by atomic mass is 32.2. The zero-order valence-corrected chi connectivity index (χ0v) is 13.8. The van der Waals surface area contributed by atoms with Gasteiger partial charge in [-0.15, -0.1) is 0 Å². The molecule has 3 aliphatic rings. The molecule has 0 aromatic rings. The first-order valence-corrected chi connectivity index (χ1v) is 9.85. The van der Waals surface area contributed by atoms with Gasteiger partial charge in [0.1, 0.15) is 0 Å². The van der Waals surface area contributed by atoms with E-state index < -0.39 is 10.0 Å². The molecule has 6 nitrogen and oxygen atoms in total. The SMILES string of the molecule is COC(=O)[C@@H]1[C@H]2CC[C@@H](C2)[C@H]1NS(=O)(=O)C[C@@H]1CCCCO1. The average molecular weight is 331 g/mol. The minimum absolute atomic E-state index is 0.00518. The Kier molecular flexibility index (Phi) is 4.75. The molecule has 0 aromatic heterocycles. The number of fused-ring (bicyclic) bond motifs is 2. The number of ether oxygens (including phenoxy) is 2. The van der Waals surface area contributed by atoms with E-state index in [2.05, 4.69) is 4.72 Å². The van der Waals surface area contributed by atoms with Gasteiger partial charge >= 0.3 is 5.97 Å². The third kappa shape index (κ3) is 3.31. The van der Waals surface area contributed by atoms with E-state index in [4.69, 9.17) is 9.47 Å². The van der Waals surface area contributed by atoms with Crippen molar-refractivity contribution in [2.75, 3.05) is 19.5 Å². The van der Waals surface area contributed by atoms with Crippen molar-refractivity contribution in [2.24, 2.45) is 17.8 Å². The van der Waals surface area contributed by atoms with Crippen LogP contribution in [-0.2, 0) is 24.3 Å². The minimum Gasteiger partial charge on any atom is -0.469 e. The Morgan fingerprint density at radius 3 is 2.68 bits per heavy atom. The van der Waals surface area contributed by atoms with Gasteiger partial charge in [0.05, 0.1) is 24.9 Å². The Balaban J connectivity index is 1.66. The second-order valence-corrected chi connectivity index (χ2v) is 8.59. The molecule has 7 heteroatoms. The first-order valence-electron chi connectivity index (χ1n) is 8.19. The molecule has 0 unspecified atom stereocenters. The summed E-state index contributed by atoms with van der Waals surface area (Å²) < 4.78 is 38.1. The third-order valence-corrected chi connectivity index (χ3v) is 6.83. The van der Waals surface area contributed by atoms with Crippen LogP contribution in [0.15, 0.2) is 0 Å². The van der Waals surface area contributed by atoms with Crippen LogP contribution in [0.2, 0.25) is 0 Å². The van der Waals surface area contributed by atoms with Crippen molar-refractivity contribution in [3.05, 3.63) is 0 Å². The molecule has 126 valence electrons. The van der Waals surface area contributed by atoms with Crippen LogP contribution in [0.25, 0.3) is 0 Å². The lowest BCUT2D eigenvalue weighted by atomic mass is 9.85. The van der Waals surface area contributed by atoms with Crippen molar-refractivity contribution < 1.29 is 22.7 Å². The molecule has 1 heterocycles. The topological polar surface area (TPSA) is 81.7 Å². The summed E-state index contributed by atoms with van der Waals surface area (Å²) in [5.41, 5.74) is 0. The number of methoxy groups -OCH3 is 1. The lowest BCUT2D eigenvalue weighted by molar-refractivity contribution is -0.148. The van der Waals surface area contributed by atoms with Gasteiger partial charge in [0.25, 0.3) is 0 Å². The minimum atomic E-state index is -3.44. The van der Waals surface area contributed by atoms with Gasteiger partial charge in [-0.1, -0.05) is 0 Å². The van der Waals surface area contributed by atoms with Crippen LogP contribution < -0.4 is 4.72 Å². The smallest absolute Gasteiger partial charge is 0.310 e. The number of hydrogen-bond acceptors (Lipinski definition) is 5. The van der Waals surface area contributed by atoms with Crippen LogP contribution in [0.1, 0.15) is 38.5 Å². The van der Waals surface area contributed by atoms with E-state index in [1.807, 2.05) is 0 Å². The first-order chi connectivity index (χ1) is 10.5. The van der Waals surface area contributed by atoms with Crippen LogP contribution in [0.4, 0.5) is 0 Å². The maximum Gasteiger partial charge on any atom is 0.310 e. The van der Waals surface area contributed by atoms with E-state index in [-0.39, 0.29) is 41.6 Å². The lowest BCUT2D eigenvalue weighted by Crippen LogP contribution is -2.49. The monoisotopic (exact) mass is 331 g/mol. The largest absolute Gasteiger partial charge is 0.469 e. The fraction of sp³-hybridized carbons (Fsp3) is 0.933. The molecule has 0 amide bonds. The van der Waals surface area contributed by atoms with Crippen LogP contribution in [0, 0.1) is 17.8 Å². The Hall–Kier alpha value is -0.660. The molecule has 2 saturated carbocycles. The third-order valence-electron chi connectivity index (χ3n) is 5.38. The average Bonchev–Trinajstić information content (AvgIpc) is 3.07. The van der Waals surface area contributed by atoms with Gasteiger partial charge in [-0.2, -0.15) is 0 Å². The molecule has 2 bridgehead atoms. The molecular formula is C15H25NO5S. The van der Waals surface area contributed by atoms with Gasteiger partial charge in [-0.05, 0) is 50.4 Å². The second-order valence-electron chi connectivity index (χ2n) is 6.80. The van der Waals surface area contributed by atoms with Crippen LogP contribution in [-0.4, -0.2) is 46.0 Å². The second kappa shape index (κ2) is 6.45. The molecular weight excluding hydrogens is 306 g/mol. The summed E-state index contributed by atoms with van der Waals surface area (Å²) in [6, 6.07) is -0.306. The van der Waals surface area contributed by atoms with Crippen molar-refractivity contribution in [3.8, 4) is 0 Å². The summed E-state index contributed by atoms with van der Waals surface area (Å²) in [7, 11) is -2.07. The quantitative estimate of drug-likeness (QED) is 0.762. The fourth-order valence-corrected chi connectivity index (χ4v) is 5.98. The van der Waals surface area contributed by atoms with Crippen molar-refractivity contribution >= 4 is 16.0 Å². The van der Waals surface area contributed by atoms with E-state index in [0.29, 0.717) is 6.61 Å². The Morgan fingerprint density at radius 1 is 1.23 bits per heavy atom. The van der Waals surface area contributed by atoms with Gasteiger partial charge < -0.3 is 9.47 Å². The highest BCUT2D eigenvalue weighted by molar-refractivity contribution is 7.89. The standard InChI is InChI=1S/C15H25NO5S/c1-20-15(17)13-10-5-6-11(8-10)14(13)16-22(18,19)9-12-4-2-3-7-21-12/h10-14,16H,2-9H2,1H3/t10-,11-,12-,13+,14+/m0/s1. The van der Waals surface area contributed by atoms with E-state index >= 15 is 0 Å². The van der Waals surface area contributed by atoms with Crippen molar-refractivity contribution in [1.82, 2.24) is 4.72 Å². The van der Waals surface area contributed by atoms with Crippen molar-refractivity contribution in [3.63, 3.8) is 0 Å². The number of sulfonamides is 1. The molecule has 5 atom stereocenters. The van der Waals surface area contributed by atoms with E-state index in [9.17, 15) is 13.2 Å². The van der Waals surface area contributed by atoms with Gasteiger partial charge in [0.2, 0.25) is 10.0 Å². The molecule has 0 radical (unpaired) electrons. The normalized spacial score (nSPS) is 38.1. The van der Waals surface area contributed by atoms with Crippen LogP contribution >= 0.6 is 0 Å². The molecule has 1 N–H and O–H groups in total. The van der Waals surface area contributed by atoms with E-state index in [1.54, 1.807) is 0 Å². The van der Waals surface area contributed by atoms with Gasteiger partial charge in [0.15, 0.2) is 0 Å². The highest BCUT2D eigenvalue weighted by Crippen LogP contribution is 2.49. The molecule has 3 fully saturated rings. The molecule has 1 saturated heterocycles. The predicted octanol–water partition coefficient (Wildman–Crippen LogP) is 1.06. The Morgan fingerprint density at radius 2 is 2.00 bits per heavy atom. The molecule has 1 aliphatic heterocycles. The van der Waals surface area contributed by atoms with E-state index in [1.165, 1.54) is 7.11 Å². The molecule has 0 spiro atoms. The summed E-state index contributed by atoms with van der Waals surface area (Å²) in [6.45, 7) is 0.638. The summed E-state index contributed by atoms with van der Waals surface area (Å²) >= 11 is 0. The number of nitrogens with one attached hydrogen (secondary N) is 1. The zero-order chi connectivity index (χ0) is 15.7. The molecule has 22 heavy (non-hydrogen) atoms. The molecule has 0 aromatic carbocycles. The van der Waals surface area contributed by atoms with E-state index in [0.717, 1.165) is 38.5 Å². The Labute approximate surface area is 132 Å². The Bertz CT molecular complexity index is 514. The van der Waals surface area contributed by atoms with Gasteiger partial charge in [0, 0.05) is 12.6 Å². The zero-order valence-electron chi connectivity index (χ0n) is 13.0. The number of carbonyl (C=O) groups is 1. The van der Waals surface area contributed by atoms with Gasteiger partial charge in [-0.3, -0.25) is 4.79 Å². The number of hydrogen-bond donors (Lipinski definition) is 1. The van der Waals surface area contributed by atoms with Crippen LogP contribution in [0.3, 0.4) is 0 Å². The summed E-state index contributed by atoms with van der Waals surface area (Å²) in [6.07, 6.45) is 5.49. The van der Waals surface area contributed by atoms with Gasteiger partial charge in [-0.25, -0.2) is 13.1 Å². The predicted molar refractivity (Wildman–Crippen MR) is 80.6 cm³/mol. The lowest BCUT2D eigenvalue weighted by Gasteiger charge is -2.30. The number of carbonyl (C=O) groups excluding carboxylic acids is 1. The molecule has 2 aliphatic carbocycles. The number of esters is 1. The summed E-state index contributed by atoms with van der Waals surface area (Å²) in [5.74, 6) is -0.0961. The van der Waals surface area contributed by atoms with Crippen molar-refractivity contribution in [1.29, 1.82) is 0 Å². The maximum atomic E-state index is 12.4. The summed E-state index contributed by atoms with van der Waals surface area (Å²) in [4.78, 5) is 12.0. The highest BCUT2D eigenvalue weighted by Gasteiger charge is 2.52. The molecule has 3 rings (SSSR count).